The van der Waals surface area contributed by atoms with Crippen LogP contribution in [0, 0.1) is 0 Å². The van der Waals surface area contributed by atoms with Gasteiger partial charge in [-0.05, 0) is 18.3 Å². The molecule has 2 nitrogen and oxygen atoms in total. The Kier molecular flexibility index (Phi) is 1.03. The first kappa shape index (κ1) is 5.53. The molecule has 2 heterocycles. The van der Waals surface area contributed by atoms with E-state index < -0.39 is 0 Å². The van der Waals surface area contributed by atoms with Crippen molar-refractivity contribution in [3.8, 4) is 0 Å². The molecule has 0 saturated carbocycles. The van der Waals surface area contributed by atoms with Crippen LogP contribution in [0.15, 0.2) is 30.7 Å². The Hall–Kier alpha value is -1.25. The minimum Gasteiger partial charge on any atom is -0.398 e. The molecule has 0 fully saturated rings. The van der Waals surface area contributed by atoms with Crippen LogP contribution in [0.25, 0.3) is 10.9 Å². The molecular weight excluding hydrogens is 123 g/mol. The lowest BCUT2D eigenvalue weighted by Crippen LogP contribution is -1.86. The van der Waals surface area contributed by atoms with Crippen LogP contribution >= 0.6 is 0 Å². The van der Waals surface area contributed by atoms with E-state index in [2.05, 4.69) is 15.5 Å². The van der Waals surface area contributed by atoms with E-state index in [1.165, 1.54) is 10.9 Å². The zero-order valence-corrected chi connectivity index (χ0v) is 5.78. The molecule has 2 aromatic heterocycles. The van der Waals surface area contributed by atoms with Crippen LogP contribution < -0.4 is 0 Å². The highest BCUT2D eigenvalue weighted by molar-refractivity contribution is 6.11. The molecule has 0 aliphatic rings. The maximum atomic E-state index is 4.03. The molecule has 0 N–H and O–H groups in total. The summed E-state index contributed by atoms with van der Waals surface area (Å²) in [5, 5.41) is 1.25. The van der Waals surface area contributed by atoms with Crippen LogP contribution in [-0.4, -0.2) is 17.4 Å². The number of hydrogen-bond donors (Lipinski definition) is 0. The maximum Gasteiger partial charge on any atom is 0.223 e. The number of fused-ring (bicyclic) bond motifs is 1. The second-order valence-corrected chi connectivity index (χ2v) is 2.36. The van der Waals surface area contributed by atoms with Crippen molar-refractivity contribution in [1.29, 1.82) is 0 Å². The van der Waals surface area contributed by atoms with Crippen LogP contribution in [0.5, 0.6) is 0 Å². The van der Waals surface area contributed by atoms with Crippen LogP contribution in [0.4, 0.5) is 0 Å². The Morgan fingerprint density at radius 2 is 2.30 bits per heavy atom. The highest BCUT2D eigenvalue weighted by atomic mass is 14.9. The normalized spacial score (nSPS) is 10.4. The van der Waals surface area contributed by atoms with Gasteiger partial charge in [-0.1, -0.05) is 0 Å². The van der Waals surface area contributed by atoms with E-state index in [0.717, 1.165) is 0 Å². The van der Waals surface area contributed by atoms with Gasteiger partial charge in [-0.15, -0.1) is 0 Å². The Balaban J connectivity index is 2.93. The van der Waals surface area contributed by atoms with Gasteiger partial charge in [0.25, 0.3) is 0 Å². The zero-order valence-electron chi connectivity index (χ0n) is 5.78. The molecule has 0 atom stereocenters. The van der Waals surface area contributed by atoms with E-state index in [9.17, 15) is 0 Å². The molecule has 0 aliphatic carbocycles. The summed E-state index contributed by atoms with van der Waals surface area (Å²) < 4.78 is 2.06. The molecule has 0 saturated heterocycles. The molecule has 2 rings (SSSR count). The first-order valence-corrected chi connectivity index (χ1v) is 3.23. The first-order valence-electron chi connectivity index (χ1n) is 3.23. The molecule has 0 unspecified atom stereocenters. The van der Waals surface area contributed by atoms with E-state index >= 15 is 0 Å². The average molecular weight is 130 g/mol. The van der Waals surface area contributed by atoms with Crippen molar-refractivity contribution in [2.75, 3.05) is 0 Å². The summed E-state index contributed by atoms with van der Waals surface area (Å²) in [6, 6.07) is 4.09. The molecule has 10 heavy (non-hydrogen) atoms. The van der Waals surface area contributed by atoms with Gasteiger partial charge in [-0.3, -0.25) is 4.98 Å². The molecule has 0 aromatic carbocycles. The summed E-state index contributed by atoms with van der Waals surface area (Å²) in [5.74, 6) is 0. The van der Waals surface area contributed by atoms with E-state index in [-0.39, 0.29) is 0 Å². The maximum absolute atomic E-state index is 4.03. The van der Waals surface area contributed by atoms with Gasteiger partial charge in [0.05, 0.1) is 5.52 Å². The summed E-state index contributed by atoms with van der Waals surface area (Å²) in [4.78, 5) is 4.03. The number of rotatable bonds is 0. The Bertz CT molecular complexity index is 353. The molecule has 3 heteroatoms. The highest BCUT2D eigenvalue weighted by Gasteiger charge is 1.92. The number of aromatic nitrogens is 2. The first-order chi connectivity index (χ1) is 4.88. The Morgan fingerprint density at radius 1 is 1.40 bits per heavy atom. The zero-order chi connectivity index (χ0) is 6.97. The summed E-state index contributed by atoms with van der Waals surface area (Å²) in [6.07, 6.45) is 5.71. The molecule has 0 spiro atoms. The van der Waals surface area contributed by atoms with Crippen molar-refractivity contribution in [3.63, 3.8) is 0 Å². The van der Waals surface area contributed by atoms with Crippen LogP contribution in [-0.2, 0) is 0 Å². The summed E-state index contributed by atoms with van der Waals surface area (Å²) >= 11 is 0. The lowest BCUT2D eigenvalue weighted by atomic mass is 10.3. The lowest BCUT2D eigenvalue weighted by molar-refractivity contribution is 1.28. The third-order valence-electron chi connectivity index (χ3n) is 1.69. The van der Waals surface area contributed by atoms with Crippen molar-refractivity contribution < 1.29 is 0 Å². The summed E-state index contributed by atoms with van der Waals surface area (Å²) in [7, 11) is 2.02. The Labute approximate surface area is 59.9 Å². The predicted molar refractivity (Wildman–Crippen MR) is 43.7 cm³/mol. The molecule has 0 bridgehead atoms. The molecular formula is C7H7BN2. The fourth-order valence-corrected chi connectivity index (χ4v) is 1.10. The average Bonchev–Trinajstić information content (AvgIpc) is 2.34. The van der Waals surface area contributed by atoms with E-state index in [1.54, 1.807) is 0 Å². The third kappa shape index (κ3) is 0.636. The number of pyridine rings is 1. The monoisotopic (exact) mass is 130 g/mol. The largest absolute Gasteiger partial charge is 0.398 e. The van der Waals surface area contributed by atoms with Gasteiger partial charge in [0.2, 0.25) is 7.98 Å². The fourth-order valence-electron chi connectivity index (χ4n) is 1.10. The predicted octanol–water partition coefficient (Wildman–Crippen LogP) is 0.432. The molecule has 2 aromatic rings. The van der Waals surface area contributed by atoms with Gasteiger partial charge >= 0.3 is 0 Å². The van der Waals surface area contributed by atoms with E-state index in [0.29, 0.717) is 0 Å². The van der Waals surface area contributed by atoms with E-state index in [1.807, 2.05) is 32.6 Å². The van der Waals surface area contributed by atoms with Gasteiger partial charge in [-0.2, -0.15) is 0 Å². The van der Waals surface area contributed by atoms with Crippen LogP contribution in [0.3, 0.4) is 0 Å². The summed E-state index contributed by atoms with van der Waals surface area (Å²) in [6.45, 7) is 0. The van der Waals surface area contributed by atoms with Crippen LogP contribution in [0.1, 0.15) is 0 Å². The van der Waals surface area contributed by atoms with Gasteiger partial charge in [0.1, 0.15) is 0 Å². The van der Waals surface area contributed by atoms with E-state index in [4.69, 9.17) is 0 Å². The number of nitrogens with zero attached hydrogens (tertiary/aromatic N) is 2. The standard InChI is InChI=1S/C7H7BN2/c8-10-4-2-6-1-3-9-5-7(6)10/h1-5H,8H2. The quantitative estimate of drug-likeness (QED) is 0.473. The minimum atomic E-state index is 1.18. The van der Waals surface area contributed by atoms with Crippen molar-refractivity contribution >= 4 is 18.9 Å². The molecule has 0 radical (unpaired) electrons. The second-order valence-electron chi connectivity index (χ2n) is 2.36. The highest BCUT2D eigenvalue weighted by Crippen LogP contribution is 2.10. The summed E-state index contributed by atoms with van der Waals surface area (Å²) in [5.41, 5.74) is 1.18. The van der Waals surface area contributed by atoms with Crippen molar-refractivity contribution in [2.24, 2.45) is 0 Å². The van der Waals surface area contributed by atoms with Gasteiger partial charge in [-0.25, -0.2) is 0 Å². The minimum absolute atomic E-state index is 1.18. The van der Waals surface area contributed by atoms with Crippen molar-refractivity contribution in [2.45, 2.75) is 0 Å². The molecule has 0 amide bonds. The fraction of sp³-hybridized carbons (Fsp3) is 0. The number of hydrogen-bond acceptors (Lipinski definition) is 1. The van der Waals surface area contributed by atoms with Gasteiger partial charge < -0.3 is 4.48 Å². The van der Waals surface area contributed by atoms with Crippen molar-refractivity contribution in [1.82, 2.24) is 9.46 Å². The van der Waals surface area contributed by atoms with Crippen LogP contribution in [0.2, 0.25) is 0 Å². The SMILES string of the molecule is Bn1ccc2ccncc21. The second kappa shape index (κ2) is 1.87. The molecule has 0 aliphatic heterocycles. The molecule has 48 valence electrons. The third-order valence-corrected chi connectivity index (χ3v) is 1.69. The Morgan fingerprint density at radius 3 is 3.10 bits per heavy atom. The van der Waals surface area contributed by atoms with Gasteiger partial charge in [0, 0.05) is 17.8 Å². The van der Waals surface area contributed by atoms with Crippen molar-refractivity contribution in [3.05, 3.63) is 30.7 Å². The lowest BCUT2D eigenvalue weighted by Gasteiger charge is -1.91. The smallest absolute Gasteiger partial charge is 0.223 e. The topological polar surface area (TPSA) is 17.8 Å². The van der Waals surface area contributed by atoms with Gasteiger partial charge in [0.15, 0.2) is 0 Å².